The van der Waals surface area contributed by atoms with E-state index in [1.807, 2.05) is 34.6 Å². The van der Waals surface area contributed by atoms with E-state index < -0.39 is 47.9 Å². The molecule has 1 heterocycles. The molecule has 0 aliphatic rings. The highest BCUT2D eigenvalue weighted by Gasteiger charge is 2.32. The number of hydrogen-bond donors (Lipinski definition) is 6. The van der Waals surface area contributed by atoms with E-state index in [1.54, 1.807) is 13.1 Å². The molecule has 1 rings (SSSR count). The molecule has 0 bridgehead atoms. The van der Waals surface area contributed by atoms with Gasteiger partial charge in [0.25, 0.3) is 0 Å². The first kappa shape index (κ1) is 30.1. The molecule has 0 saturated heterocycles. The minimum Gasteiger partial charge on any atom is -0.480 e. The molecule has 5 atom stereocenters. The summed E-state index contributed by atoms with van der Waals surface area (Å²) in [7, 11) is 0. The summed E-state index contributed by atoms with van der Waals surface area (Å²) in [5.41, 5.74) is 6.62. The minimum absolute atomic E-state index is 0.0399. The van der Waals surface area contributed by atoms with Gasteiger partial charge in [0, 0.05) is 18.3 Å². The number of aromatic amines is 1. The lowest BCUT2D eigenvalue weighted by Gasteiger charge is -2.27. The SMILES string of the molecule is CCC(C)C(NC(=O)C(CC(C)C)NC(=O)C(Cc1cnc[nH]1)NC(=O)C(N)CC(C)C)C(=O)O. The lowest BCUT2D eigenvalue weighted by atomic mass is 9.97. The van der Waals surface area contributed by atoms with Gasteiger partial charge in [-0.15, -0.1) is 0 Å². The Morgan fingerprint density at radius 1 is 0.943 bits per heavy atom. The molecule has 0 spiro atoms. The number of H-pyrrole nitrogens is 1. The van der Waals surface area contributed by atoms with Crippen molar-refractivity contribution in [1.29, 1.82) is 0 Å². The van der Waals surface area contributed by atoms with Gasteiger partial charge in [-0.1, -0.05) is 48.0 Å². The molecule has 1 aromatic rings. The molecule has 1 aromatic heterocycles. The lowest BCUT2D eigenvalue weighted by Crippen LogP contribution is -2.58. The number of nitrogens with two attached hydrogens (primary N) is 1. The average molecular weight is 495 g/mol. The van der Waals surface area contributed by atoms with E-state index in [0.29, 0.717) is 25.0 Å². The predicted molar refractivity (Wildman–Crippen MR) is 132 cm³/mol. The number of aromatic nitrogens is 2. The maximum atomic E-state index is 13.3. The first-order chi connectivity index (χ1) is 16.3. The number of carboxylic acids is 1. The van der Waals surface area contributed by atoms with Crippen LogP contribution in [0, 0.1) is 17.8 Å². The van der Waals surface area contributed by atoms with Crippen LogP contribution in [0.5, 0.6) is 0 Å². The van der Waals surface area contributed by atoms with Gasteiger partial charge < -0.3 is 31.8 Å². The summed E-state index contributed by atoms with van der Waals surface area (Å²) >= 11 is 0. The van der Waals surface area contributed by atoms with E-state index in [1.165, 1.54) is 6.33 Å². The van der Waals surface area contributed by atoms with Gasteiger partial charge in [-0.05, 0) is 30.6 Å². The molecular formula is C24H42N6O5. The number of amides is 3. The summed E-state index contributed by atoms with van der Waals surface area (Å²) in [6, 6.07) is -3.84. The van der Waals surface area contributed by atoms with Crippen molar-refractivity contribution in [1.82, 2.24) is 25.9 Å². The molecule has 7 N–H and O–H groups in total. The van der Waals surface area contributed by atoms with Crippen molar-refractivity contribution in [3.8, 4) is 0 Å². The van der Waals surface area contributed by atoms with Crippen LogP contribution >= 0.6 is 0 Å². The molecule has 0 aliphatic carbocycles. The Balaban J connectivity index is 3.07. The Hall–Kier alpha value is -2.95. The highest BCUT2D eigenvalue weighted by molar-refractivity contribution is 5.94. The molecule has 11 heteroatoms. The van der Waals surface area contributed by atoms with Gasteiger partial charge >= 0.3 is 5.97 Å². The average Bonchev–Trinajstić information content (AvgIpc) is 3.27. The molecule has 0 radical (unpaired) electrons. The van der Waals surface area contributed by atoms with Crippen LogP contribution in [-0.2, 0) is 25.6 Å². The maximum absolute atomic E-state index is 13.3. The Bertz CT molecular complexity index is 826. The monoisotopic (exact) mass is 494 g/mol. The lowest BCUT2D eigenvalue weighted by molar-refractivity contribution is -0.144. The predicted octanol–water partition coefficient (Wildman–Crippen LogP) is 0.957. The fourth-order valence-corrected chi connectivity index (χ4v) is 3.63. The maximum Gasteiger partial charge on any atom is 0.326 e. The first-order valence-electron chi connectivity index (χ1n) is 12.2. The fraction of sp³-hybridized carbons (Fsp3) is 0.708. The second kappa shape index (κ2) is 14.4. The second-order valence-corrected chi connectivity index (χ2v) is 9.98. The van der Waals surface area contributed by atoms with Crippen molar-refractivity contribution in [3.05, 3.63) is 18.2 Å². The molecule has 0 fully saturated rings. The highest BCUT2D eigenvalue weighted by atomic mass is 16.4. The van der Waals surface area contributed by atoms with Gasteiger partial charge in [-0.25, -0.2) is 9.78 Å². The van der Waals surface area contributed by atoms with E-state index in [2.05, 4.69) is 25.9 Å². The van der Waals surface area contributed by atoms with Gasteiger partial charge in [-0.3, -0.25) is 14.4 Å². The largest absolute Gasteiger partial charge is 0.480 e. The number of nitrogens with one attached hydrogen (secondary N) is 4. The quantitative estimate of drug-likeness (QED) is 0.210. The highest BCUT2D eigenvalue weighted by Crippen LogP contribution is 2.11. The summed E-state index contributed by atoms with van der Waals surface area (Å²) in [6.07, 6.45) is 4.44. The first-order valence-corrected chi connectivity index (χ1v) is 12.2. The summed E-state index contributed by atoms with van der Waals surface area (Å²) in [4.78, 5) is 57.5. The van der Waals surface area contributed by atoms with Crippen LogP contribution in [-0.4, -0.2) is 62.9 Å². The summed E-state index contributed by atoms with van der Waals surface area (Å²) in [6.45, 7) is 11.3. The number of imidazole rings is 1. The van der Waals surface area contributed by atoms with Crippen LogP contribution < -0.4 is 21.7 Å². The zero-order chi connectivity index (χ0) is 26.7. The van der Waals surface area contributed by atoms with Gasteiger partial charge in [0.2, 0.25) is 17.7 Å². The Kier molecular flexibility index (Phi) is 12.4. The molecule has 0 saturated carbocycles. The number of aliphatic carboxylic acids is 1. The minimum atomic E-state index is -1.13. The third-order valence-electron chi connectivity index (χ3n) is 5.79. The third-order valence-corrected chi connectivity index (χ3v) is 5.79. The van der Waals surface area contributed by atoms with Crippen LogP contribution in [0.15, 0.2) is 12.5 Å². The number of carbonyl (C=O) groups is 4. The van der Waals surface area contributed by atoms with Crippen molar-refractivity contribution in [2.24, 2.45) is 23.5 Å². The molecular weight excluding hydrogens is 452 g/mol. The van der Waals surface area contributed by atoms with Crippen molar-refractivity contribution >= 4 is 23.7 Å². The molecule has 198 valence electrons. The van der Waals surface area contributed by atoms with Crippen LogP contribution in [0.1, 0.15) is 66.5 Å². The van der Waals surface area contributed by atoms with Crippen LogP contribution in [0.3, 0.4) is 0 Å². The summed E-state index contributed by atoms with van der Waals surface area (Å²) in [5.74, 6) is -2.80. The van der Waals surface area contributed by atoms with E-state index in [-0.39, 0.29) is 24.2 Å². The van der Waals surface area contributed by atoms with E-state index in [9.17, 15) is 24.3 Å². The van der Waals surface area contributed by atoms with Crippen molar-refractivity contribution in [3.63, 3.8) is 0 Å². The van der Waals surface area contributed by atoms with Gasteiger partial charge in [0.05, 0.1) is 12.4 Å². The van der Waals surface area contributed by atoms with Crippen molar-refractivity contribution < 1.29 is 24.3 Å². The topological polar surface area (TPSA) is 179 Å². The standard InChI is InChI=1S/C24H42N6O5/c1-7-15(6)20(24(34)35)30-23(33)18(9-14(4)5)29-22(32)19(10-16-11-26-12-27-16)28-21(31)17(25)8-13(2)3/h11-15,17-20H,7-10,25H2,1-6H3,(H,26,27)(H,28,31)(H,29,32)(H,30,33)(H,34,35). The van der Waals surface area contributed by atoms with E-state index in [4.69, 9.17) is 5.73 Å². The van der Waals surface area contributed by atoms with Crippen molar-refractivity contribution in [2.45, 2.75) is 91.4 Å². The number of hydrogen-bond acceptors (Lipinski definition) is 6. The van der Waals surface area contributed by atoms with Gasteiger partial charge in [-0.2, -0.15) is 0 Å². The Labute approximate surface area is 207 Å². The molecule has 0 aliphatic heterocycles. The Morgan fingerprint density at radius 3 is 2.00 bits per heavy atom. The molecule has 11 nitrogen and oxygen atoms in total. The van der Waals surface area contributed by atoms with Crippen LogP contribution in [0.25, 0.3) is 0 Å². The zero-order valence-electron chi connectivity index (χ0n) is 21.6. The summed E-state index contributed by atoms with van der Waals surface area (Å²) in [5, 5.41) is 17.5. The Morgan fingerprint density at radius 2 is 1.51 bits per heavy atom. The van der Waals surface area contributed by atoms with Gasteiger partial charge in [0.1, 0.15) is 18.1 Å². The number of rotatable bonds is 15. The van der Waals surface area contributed by atoms with E-state index >= 15 is 0 Å². The summed E-state index contributed by atoms with van der Waals surface area (Å²) < 4.78 is 0. The second-order valence-electron chi connectivity index (χ2n) is 9.98. The van der Waals surface area contributed by atoms with Crippen LogP contribution in [0.2, 0.25) is 0 Å². The van der Waals surface area contributed by atoms with Crippen LogP contribution in [0.4, 0.5) is 0 Å². The fourth-order valence-electron chi connectivity index (χ4n) is 3.63. The van der Waals surface area contributed by atoms with Gasteiger partial charge in [0.15, 0.2) is 0 Å². The molecule has 35 heavy (non-hydrogen) atoms. The number of nitrogens with zero attached hydrogens (tertiary/aromatic N) is 1. The van der Waals surface area contributed by atoms with E-state index in [0.717, 1.165) is 0 Å². The number of carboxylic acid groups (broad SMARTS) is 1. The normalized spacial score (nSPS) is 15.7. The van der Waals surface area contributed by atoms with Crippen molar-refractivity contribution in [2.75, 3.05) is 0 Å². The smallest absolute Gasteiger partial charge is 0.326 e. The zero-order valence-corrected chi connectivity index (χ0v) is 21.6. The third kappa shape index (κ3) is 10.5. The molecule has 3 amide bonds. The molecule has 5 unspecified atom stereocenters. The molecule has 0 aromatic carbocycles. The number of carbonyl (C=O) groups excluding carboxylic acids is 3.